The number of nitrogens with one attached hydrogen (secondary N) is 1. The normalized spacial score (nSPS) is 17.1. The minimum absolute atomic E-state index is 0.0170. The number of ether oxygens (including phenoxy) is 1. The minimum atomic E-state index is 0.0170. The minimum Gasteiger partial charge on any atom is -0.383 e. The molecule has 1 saturated heterocycles. The van der Waals surface area contributed by atoms with Gasteiger partial charge in [-0.05, 0) is 6.92 Å². The second-order valence-corrected chi connectivity index (χ2v) is 5.45. The number of carbonyl (C=O) groups excluding carboxylic acids is 1. The van der Waals surface area contributed by atoms with E-state index in [9.17, 15) is 4.79 Å². The molecule has 1 aromatic heterocycles. The summed E-state index contributed by atoms with van der Waals surface area (Å²) in [4.78, 5) is 16.6. The summed E-state index contributed by atoms with van der Waals surface area (Å²) >= 11 is 0. The Kier molecular flexibility index (Phi) is 5.72. The molecule has 1 amide bonds. The quantitative estimate of drug-likeness (QED) is 0.796. The van der Waals surface area contributed by atoms with E-state index in [1.807, 2.05) is 20.0 Å². The van der Waals surface area contributed by atoms with Crippen molar-refractivity contribution in [2.45, 2.75) is 6.92 Å². The molecule has 0 unspecified atom stereocenters. The van der Waals surface area contributed by atoms with Crippen LogP contribution in [0.4, 0.5) is 5.82 Å². The highest BCUT2D eigenvalue weighted by atomic mass is 16.5. The second kappa shape index (κ2) is 7.53. The van der Waals surface area contributed by atoms with E-state index in [1.54, 1.807) is 11.8 Å². The summed E-state index contributed by atoms with van der Waals surface area (Å²) in [6.07, 6.45) is 0. The number of nitrogens with zero attached hydrogens (tertiary/aromatic N) is 4. The first-order valence-corrected chi connectivity index (χ1v) is 7.32. The summed E-state index contributed by atoms with van der Waals surface area (Å²) in [5, 5.41) is 7.13. The molecule has 7 nitrogen and oxygen atoms in total. The van der Waals surface area contributed by atoms with Gasteiger partial charge >= 0.3 is 0 Å². The SMILES string of the molecule is COCCN1CCN(CC(=O)Nc2cc(C)nn2C)CC1. The Bertz CT molecular complexity index is 466. The van der Waals surface area contributed by atoms with Crippen molar-refractivity contribution in [1.82, 2.24) is 19.6 Å². The van der Waals surface area contributed by atoms with E-state index in [4.69, 9.17) is 4.74 Å². The number of carbonyl (C=O) groups is 1. The lowest BCUT2D eigenvalue weighted by Gasteiger charge is -2.34. The lowest BCUT2D eigenvalue weighted by molar-refractivity contribution is -0.117. The third kappa shape index (κ3) is 4.80. The highest BCUT2D eigenvalue weighted by Gasteiger charge is 2.19. The van der Waals surface area contributed by atoms with Crippen molar-refractivity contribution in [3.63, 3.8) is 0 Å². The van der Waals surface area contributed by atoms with Crippen molar-refractivity contribution >= 4 is 11.7 Å². The van der Waals surface area contributed by atoms with E-state index in [-0.39, 0.29) is 5.91 Å². The third-order valence-electron chi connectivity index (χ3n) is 3.71. The van der Waals surface area contributed by atoms with Crippen LogP contribution in [0.25, 0.3) is 0 Å². The molecular formula is C14H25N5O2. The Morgan fingerprint density at radius 1 is 1.33 bits per heavy atom. The Morgan fingerprint density at radius 3 is 2.57 bits per heavy atom. The monoisotopic (exact) mass is 295 g/mol. The van der Waals surface area contributed by atoms with Gasteiger partial charge in [0.25, 0.3) is 0 Å². The number of hydrogen-bond acceptors (Lipinski definition) is 5. The molecule has 0 aliphatic carbocycles. The van der Waals surface area contributed by atoms with Gasteiger partial charge in [-0.1, -0.05) is 0 Å². The molecular weight excluding hydrogens is 270 g/mol. The molecule has 0 radical (unpaired) electrons. The number of piperazine rings is 1. The van der Waals surface area contributed by atoms with Gasteiger partial charge in [0.2, 0.25) is 5.91 Å². The first-order valence-electron chi connectivity index (χ1n) is 7.32. The average Bonchev–Trinajstić information content (AvgIpc) is 2.76. The Hall–Kier alpha value is -1.44. The Balaban J connectivity index is 1.73. The van der Waals surface area contributed by atoms with Crippen LogP contribution in [0.1, 0.15) is 5.69 Å². The van der Waals surface area contributed by atoms with Gasteiger partial charge in [-0.3, -0.25) is 19.3 Å². The van der Waals surface area contributed by atoms with Crippen LogP contribution in [0.2, 0.25) is 0 Å². The van der Waals surface area contributed by atoms with Crippen LogP contribution in [0.15, 0.2) is 6.07 Å². The van der Waals surface area contributed by atoms with E-state index >= 15 is 0 Å². The molecule has 118 valence electrons. The van der Waals surface area contributed by atoms with E-state index in [0.717, 1.165) is 50.8 Å². The third-order valence-corrected chi connectivity index (χ3v) is 3.71. The number of hydrogen-bond donors (Lipinski definition) is 1. The summed E-state index contributed by atoms with van der Waals surface area (Å²) < 4.78 is 6.78. The predicted octanol–water partition coefficient (Wildman–Crippen LogP) is -0.0690. The molecule has 2 heterocycles. The van der Waals surface area contributed by atoms with Crippen LogP contribution in [0, 0.1) is 6.92 Å². The van der Waals surface area contributed by atoms with E-state index in [1.165, 1.54) is 0 Å². The van der Waals surface area contributed by atoms with Gasteiger partial charge in [-0.15, -0.1) is 0 Å². The molecule has 1 aliphatic heterocycles. The fraction of sp³-hybridized carbons (Fsp3) is 0.714. The van der Waals surface area contributed by atoms with Gasteiger partial charge in [0.15, 0.2) is 0 Å². The molecule has 21 heavy (non-hydrogen) atoms. The van der Waals surface area contributed by atoms with E-state index in [0.29, 0.717) is 6.54 Å². The van der Waals surface area contributed by atoms with Crippen LogP contribution in [0.3, 0.4) is 0 Å². The highest BCUT2D eigenvalue weighted by molar-refractivity contribution is 5.91. The number of rotatable bonds is 6. The average molecular weight is 295 g/mol. The molecule has 1 aliphatic rings. The molecule has 0 bridgehead atoms. The zero-order valence-corrected chi connectivity index (χ0v) is 13.1. The van der Waals surface area contributed by atoms with Crippen molar-refractivity contribution in [3.05, 3.63) is 11.8 Å². The first kappa shape index (κ1) is 15.9. The number of amides is 1. The molecule has 2 rings (SSSR count). The molecule has 0 atom stereocenters. The molecule has 1 aromatic rings. The van der Waals surface area contributed by atoms with Crippen LogP contribution in [-0.2, 0) is 16.6 Å². The number of aromatic nitrogens is 2. The van der Waals surface area contributed by atoms with Crippen LogP contribution in [0.5, 0.6) is 0 Å². The first-order chi connectivity index (χ1) is 10.1. The summed E-state index contributed by atoms with van der Waals surface area (Å²) in [6, 6.07) is 1.88. The van der Waals surface area contributed by atoms with Crippen molar-refractivity contribution in [2.24, 2.45) is 7.05 Å². The van der Waals surface area contributed by atoms with Crippen molar-refractivity contribution in [3.8, 4) is 0 Å². The van der Waals surface area contributed by atoms with Crippen molar-refractivity contribution in [1.29, 1.82) is 0 Å². The van der Waals surface area contributed by atoms with Gasteiger partial charge in [0.05, 0.1) is 18.8 Å². The van der Waals surface area contributed by atoms with Gasteiger partial charge in [-0.2, -0.15) is 5.10 Å². The maximum atomic E-state index is 12.1. The van der Waals surface area contributed by atoms with Crippen LogP contribution < -0.4 is 5.32 Å². The Morgan fingerprint density at radius 2 is 2.00 bits per heavy atom. The highest BCUT2D eigenvalue weighted by Crippen LogP contribution is 2.08. The molecule has 0 saturated carbocycles. The zero-order chi connectivity index (χ0) is 15.2. The van der Waals surface area contributed by atoms with E-state index < -0.39 is 0 Å². The molecule has 7 heteroatoms. The van der Waals surface area contributed by atoms with Gasteiger partial charge in [0, 0.05) is 52.9 Å². The summed E-state index contributed by atoms with van der Waals surface area (Å²) in [5.41, 5.74) is 0.902. The maximum Gasteiger partial charge on any atom is 0.239 e. The fourth-order valence-electron chi connectivity index (χ4n) is 2.50. The summed E-state index contributed by atoms with van der Waals surface area (Å²) in [7, 11) is 3.55. The smallest absolute Gasteiger partial charge is 0.239 e. The predicted molar refractivity (Wildman–Crippen MR) is 81.3 cm³/mol. The van der Waals surface area contributed by atoms with Crippen molar-refractivity contribution in [2.75, 3.05) is 58.3 Å². The zero-order valence-electron chi connectivity index (χ0n) is 13.1. The molecule has 1 N–H and O–H groups in total. The van der Waals surface area contributed by atoms with Gasteiger partial charge < -0.3 is 10.1 Å². The van der Waals surface area contributed by atoms with E-state index in [2.05, 4.69) is 20.2 Å². The largest absolute Gasteiger partial charge is 0.383 e. The summed E-state index contributed by atoms with van der Waals surface area (Å²) in [6.45, 7) is 7.88. The van der Waals surface area contributed by atoms with Crippen molar-refractivity contribution < 1.29 is 9.53 Å². The summed E-state index contributed by atoms with van der Waals surface area (Å²) in [5.74, 6) is 0.763. The molecule has 0 spiro atoms. The second-order valence-electron chi connectivity index (χ2n) is 5.45. The number of methoxy groups -OCH3 is 1. The topological polar surface area (TPSA) is 62.6 Å². The maximum absolute atomic E-state index is 12.1. The molecule has 1 fully saturated rings. The standard InChI is InChI=1S/C14H25N5O2/c1-12-10-13(17(2)16-12)15-14(20)11-19-6-4-18(5-7-19)8-9-21-3/h10H,4-9,11H2,1-3H3,(H,15,20). The lowest BCUT2D eigenvalue weighted by Crippen LogP contribution is -2.49. The van der Waals surface area contributed by atoms with Crippen LogP contribution >= 0.6 is 0 Å². The number of aryl methyl sites for hydroxylation is 2. The van der Waals surface area contributed by atoms with Crippen LogP contribution in [-0.4, -0.2) is 78.5 Å². The fourth-order valence-corrected chi connectivity index (χ4v) is 2.50. The van der Waals surface area contributed by atoms with Gasteiger partial charge in [-0.25, -0.2) is 0 Å². The van der Waals surface area contributed by atoms with Gasteiger partial charge in [0.1, 0.15) is 5.82 Å². The lowest BCUT2D eigenvalue weighted by atomic mass is 10.3. The Labute approximate surface area is 125 Å². The number of anilines is 1. The molecule has 0 aromatic carbocycles.